The molecule has 0 aliphatic rings. The van der Waals surface area contributed by atoms with E-state index in [0.717, 1.165) is 70.6 Å². The van der Waals surface area contributed by atoms with E-state index >= 15 is 0 Å². The Morgan fingerprint density at radius 1 is 0.600 bits per heavy atom. The fourth-order valence-corrected chi connectivity index (χ4v) is 5.96. The minimum atomic E-state index is -4.62. The quantitative estimate of drug-likeness (QED) is 0.0206. The van der Waals surface area contributed by atoms with Crippen LogP contribution in [0.1, 0.15) is 168 Å². The molecule has 0 bridgehead atoms. The van der Waals surface area contributed by atoms with Crippen molar-refractivity contribution in [3.63, 3.8) is 0 Å². The van der Waals surface area contributed by atoms with Gasteiger partial charge in [0.2, 0.25) is 0 Å². The molecule has 0 heterocycles. The number of likely N-dealkylation sites (N-methyl/N-ethyl adjacent to an activating group) is 1. The van der Waals surface area contributed by atoms with Crippen LogP contribution in [0.2, 0.25) is 0 Å². The van der Waals surface area contributed by atoms with E-state index in [9.17, 15) is 19.0 Å². The van der Waals surface area contributed by atoms with Crippen molar-refractivity contribution >= 4 is 19.8 Å². The molecule has 0 amide bonds. The Hall–Kier alpha value is -1.51. The maximum atomic E-state index is 12.6. The summed E-state index contributed by atoms with van der Waals surface area (Å²) in [6.45, 7) is 4.16. The number of esters is 2. The zero-order valence-electron chi connectivity index (χ0n) is 32.8. The van der Waals surface area contributed by atoms with Crippen molar-refractivity contribution in [2.45, 2.75) is 174 Å². The van der Waals surface area contributed by atoms with Crippen molar-refractivity contribution in [2.75, 3.05) is 47.5 Å². The predicted molar refractivity (Wildman–Crippen MR) is 204 cm³/mol. The second kappa shape index (κ2) is 33.3. The van der Waals surface area contributed by atoms with Crippen molar-refractivity contribution in [2.24, 2.45) is 0 Å². The first-order valence-electron chi connectivity index (χ1n) is 20.0. The van der Waals surface area contributed by atoms with E-state index in [1.165, 1.54) is 64.2 Å². The molecule has 0 aliphatic carbocycles. The minimum absolute atomic E-state index is 0.0329. The van der Waals surface area contributed by atoms with Gasteiger partial charge in [0.05, 0.1) is 27.7 Å². The van der Waals surface area contributed by atoms with Gasteiger partial charge in [-0.15, -0.1) is 0 Å². The number of quaternary nitrogens is 1. The molecular weight excluding hydrogens is 653 g/mol. The van der Waals surface area contributed by atoms with Crippen LogP contribution >= 0.6 is 7.82 Å². The third-order valence-electron chi connectivity index (χ3n) is 8.44. The first-order chi connectivity index (χ1) is 24.0. The Kier molecular flexibility index (Phi) is 32.3. The molecule has 2 unspecified atom stereocenters. The molecule has 0 saturated carbocycles. The van der Waals surface area contributed by atoms with Gasteiger partial charge in [-0.1, -0.05) is 115 Å². The Morgan fingerprint density at radius 3 is 1.52 bits per heavy atom. The van der Waals surface area contributed by atoms with E-state index in [2.05, 4.69) is 38.2 Å². The molecule has 50 heavy (non-hydrogen) atoms. The molecule has 2 atom stereocenters. The number of nitrogens with zero attached hydrogens (tertiary/aromatic N) is 1. The van der Waals surface area contributed by atoms with Gasteiger partial charge in [-0.05, 0) is 64.2 Å². The smallest absolute Gasteiger partial charge is 0.306 e. The Balaban J connectivity index is 4.44. The Morgan fingerprint density at radius 2 is 1.02 bits per heavy atom. The van der Waals surface area contributed by atoms with Crippen LogP contribution in [0.5, 0.6) is 0 Å². The molecule has 0 fully saturated rings. The molecular formula is C40H76NO8P. The van der Waals surface area contributed by atoms with Crippen molar-refractivity contribution in [1.82, 2.24) is 0 Å². The number of rotatable bonds is 36. The van der Waals surface area contributed by atoms with E-state index in [1.54, 1.807) is 0 Å². The standard InChI is InChI=1S/C40H76NO8P/c1-6-8-10-12-14-16-18-20-21-23-25-27-29-31-33-40(43)49-38(37-48-50(44,45)47-35-34-41(3,4)5)36-46-39(42)32-30-28-26-24-22-19-17-15-13-11-9-7-2/h15,17-18,20,38H,6-14,16,19,21-37H2,1-5H3/b17-15-,20-18-. The van der Waals surface area contributed by atoms with E-state index in [0.29, 0.717) is 17.4 Å². The molecule has 0 aromatic rings. The molecule has 0 aromatic carbocycles. The lowest BCUT2D eigenvalue weighted by atomic mass is 10.1. The lowest BCUT2D eigenvalue weighted by Crippen LogP contribution is -2.37. The zero-order valence-corrected chi connectivity index (χ0v) is 33.7. The Bertz CT molecular complexity index is 918. The second-order valence-corrected chi connectivity index (χ2v) is 16.1. The summed E-state index contributed by atoms with van der Waals surface area (Å²) in [7, 11) is 1.15. The van der Waals surface area contributed by atoms with Crippen molar-refractivity contribution in [1.29, 1.82) is 0 Å². The number of phosphoric acid groups is 1. The number of carbonyl (C=O) groups excluding carboxylic acids is 2. The van der Waals surface area contributed by atoms with Crippen LogP contribution in [0, 0.1) is 0 Å². The molecule has 0 saturated heterocycles. The van der Waals surface area contributed by atoms with Crippen LogP contribution in [0.15, 0.2) is 24.3 Å². The highest BCUT2D eigenvalue weighted by Gasteiger charge is 2.21. The highest BCUT2D eigenvalue weighted by molar-refractivity contribution is 7.45. The molecule has 0 N–H and O–H groups in total. The average Bonchev–Trinajstić information content (AvgIpc) is 3.06. The fraction of sp³-hybridized carbons (Fsp3) is 0.850. The molecule has 10 heteroatoms. The van der Waals surface area contributed by atoms with Gasteiger partial charge < -0.3 is 27.9 Å². The highest BCUT2D eigenvalue weighted by atomic mass is 31.2. The number of carbonyl (C=O) groups is 2. The summed E-state index contributed by atoms with van der Waals surface area (Å²) in [5.41, 5.74) is 0. The number of ether oxygens (including phenoxy) is 2. The summed E-state index contributed by atoms with van der Waals surface area (Å²) < 4.78 is 33.8. The summed E-state index contributed by atoms with van der Waals surface area (Å²) in [6.07, 6.45) is 33.4. The largest absolute Gasteiger partial charge is 0.756 e. The van der Waals surface area contributed by atoms with Crippen molar-refractivity contribution in [3.8, 4) is 0 Å². The summed E-state index contributed by atoms with van der Waals surface area (Å²) in [6, 6.07) is 0. The molecule has 9 nitrogen and oxygen atoms in total. The number of hydrogen-bond acceptors (Lipinski definition) is 8. The van der Waals surface area contributed by atoms with Gasteiger partial charge in [-0.2, -0.15) is 0 Å². The van der Waals surface area contributed by atoms with E-state index in [1.807, 2.05) is 21.1 Å². The van der Waals surface area contributed by atoms with Gasteiger partial charge in [0.25, 0.3) is 7.82 Å². The van der Waals surface area contributed by atoms with E-state index in [-0.39, 0.29) is 26.1 Å². The van der Waals surface area contributed by atoms with Gasteiger partial charge in [0.1, 0.15) is 19.8 Å². The molecule has 294 valence electrons. The van der Waals surface area contributed by atoms with Gasteiger partial charge in [-0.25, -0.2) is 0 Å². The molecule has 0 radical (unpaired) electrons. The minimum Gasteiger partial charge on any atom is -0.756 e. The normalized spacial score (nSPS) is 14.0. The van der Waals surface area contributed by atoms with Crippen LogP contribution in [-0.4, -0.2) is 70.0 Å². The van der Waals surface area contributed by atoms with Crippen LogP contribution in [-0.2, 0) is 32.7 Å². The monoisotopic (exact) mass is 730 g/mol. The van der Waals surface area contributed by atoms with Crippen LogP contribution < -0.4 is 4.89 Å². The van der Waals surface area contributed by atoms with Crippen molar-refractivity contribution < 1.29 is 42.1 Å². The van der Waals surface area contributed by atoms with Gasteiger partial charge in [-0.3, -0.25) is 14.2 Å². The lowest BCUT2D eigenvalue weighted by Gasteiger charge is -2.28. The predicted octanol–water partition coefficient (Wildman–Crippen LogP) is 10.2. The topological polar surface area (TPSA) is 111 Å². The first-order valence-corrected chi connectivity index (χ1v) is 21.5. The van der Waals surface area contributed by atoms with Gasteiger partial charge in [0, 0.05) is 12.8 Å². The lowest BCUT2D eigenvalue weighted by molar-refractivity contribution is -0.870. The van der Waals surface area contributed by atoms with E-state index < -0.39 is 32.5 Å². The number of unbranched alkanes of at least 4 members (excludes halogenated alkanes) is 18. The number of hydrogen-bond donors (Lipinski definition) is 0. The molecule has 0 spiro atoms. The fourth-order valence-electron chi connectivity index (χ4n) is 5.23. The van der Waals surface area contributed by atoms with Gasteiger partial charge in [0.15, 0.2) is 6.10 Å². The number of phosphoric ester groups is 1. The summed E-state index contributed by atoms with van der Waals surface area (Å²) >= 11 is 0. The summed E-state index contributed by atoms with van der Waals surface area (Å²) in [4.78, 5) is 37.3. The molecule has 0 rings (SSSR count). The maximum Gasteiger partial charge on any atom is 0.306 e. The number of allylic oxidation sites excluding steroid dienone is 4. The molecule has 0 aromatic heterocycles. The third-order valence-corrected chi connectivity index (χ3v) is 9.41. The molecule has 0 aliphatic heterocycles. The Labute approximate surface area is 307 Å². The second-order valence-electron chi connectivity index (χ2n) is 14.6. The third kappa shape index (κ3) is 36.3. The van der Waals surface area contributed by atoms with E-state index in [4.69, 9.17) is 18.5 Å². The zero-order chi connectivity index (χ0) is 37.2. The van der Waals surface area contributed by atoms with Crippen LogP contribution in [0.25, 0.3) is 0 Å². The van der Waals surface area contributed by atoms with Crippen LogP contribution in [0.4, 0.5) is 0 Å². The van der Waals surface area contributed by atoms with Crippen LogP contribution in [0.3, 0.4) is 0 Å². The SMILES string of the molecule is CCCCC/C=C\CCCCCCCC(=O)OCC(COP(=O)([O-])OCC[N+](C)(C)C)OC(=O)CCCCCCC/C=C\CCCCCCC. The maximum absolute atomic E-state index is 12.6. The van der Waals surface area contributed by atoms with Gasteiger partial charge >= 0.3 is 11.9 Å². The summed E-state index contributed by atoms with van der Waals surface area (Å²) in [5, 5.41) is 0. The average molecular weight is 730 g/mol. The van der Waals surface area contributed by atoms with Crippen molar-refractivity contribution in [3.05, 3.63) is 24.3 Å². The highest BCUT2D eigenvalue weighted by Crippen LogP contribution is 2.38. The summed E-state index contributed by atoms with van der Waals surface area (Å²) in [5.74, 6) is -0.855. The first kappa shape index (κ1) is 48.5.